The first-order valence-electron chi connectivity index (χ1n) is 14.4. The molecule has 0 radical (unpaired) electrons. The molecule has 0 aliphatic carbocycles. The van der Waals surface area contributed by atoms with Gasteiger partial charge in [0.2, 0.25) is 5.91 Å². The second-order valence-electron chi connectivity index (χ2n) is 11.4. The van der Waals surface area contributed by atoms with Crippen molar-refractivity contribution in [3.63, 3.8) is 0 Å². The SMILES string of the molecule is CCc1ccc2ccc(/C=C/C(C)(C)C(=O)OC(C(=O)NC(CO)C(=O)N3CCCC(C(=O)NC)N3)C(C)C)cc2n1. The number of likely N-dealkylation sites (N-methyl/N-ethyl adjacent to an activating group) is 1. The predicted octanol–water partition coefficient (Wildman–Crippen LogP) is 2.12. The highest BCUT2D eigenvalue weighted by Crippen LogP contribution is 2.25. The van der Waals surface area contributed by atoms with Crippen molar-refractivity contribution in [3.8, 4) is 0 Å². The number of aryl methyl sites for hydroxylation is 1. The third-order valence-corrected chi connectivity index (χ3v) is 7.26. The standard InChI is InChI=1S/C31H43N5O6/c1-7-22-13-12-21-11-10-20(17-24(21)33-22)14-15-31(4,5)30(41)42-26(19(2)3)28(39)34-25(18-37)29(40)36-16-8-9-23(35-36)27(38)32-6/h10-15,17,19,23,25-26,35,37H,7-9,16,18H2,1-6H3,(H,32,38)(H,34,39)/b15-14+. The lowest BCUT2D eigenvalue weighted by atomic mass is 9.92. The van der Waals surface area contributed by atoms with Crippen LogP contribution in [0.1, 0.15) is 58.7 Å². The summed E-state index contributed by atoms with van der Waals surface area (Å²) in [5.74, 6) is -2.57. The predicted molar refractivity (Wildman–Crippen MR) is 160 cm³/mol. The van der Waals surface area contributed by atoms with Gasteiger partial charge in [-0.1, -0.05) is 51.1 Å². The van der Waals surface area contributed by atoms with E-state index in [0.717, 1.165) is 28.6 Å². The van der Waals surface area contributed by atoms with Gasteiger partial charge < -0.3 is 20.5 Å². The van der Waals surface area contributed by atoms with Crippen LogP contribution < -0.4 is 16.1 Å². The Morgan fingerprint density at radius 3 is 2.57 bits per heavy atom. The van der Waals surface area contributed by atoms with Crippen LogP contribution >= 0.6 is 0 Å². The van der Waals surface area contributed by atoms with Gasteiger partial charge in [-0.15, -0.1) is 0 Å². The number of pyridine rings is 1. The number of ether oxygens (including phenoxy) is 1. The Bertz CT molecular complexity index is 1320. The normalized spacial score (nSPS) is 17.2. The molecular weight excluding hydrogens is 538 g/mol. The van der Waals surface area contributed by atoms with Gasteiger partial charge in [0.25, 0.3) is 11.8 Å². The fourth-order valence-corrected chi connectivity index (χ4v) is 4.55. The van der Waals surface area contributed by atoms with Gasteiger partial charge in [0, 0.05) is 24.7 Å². The molecule has 2 heterocycles. The average molecular weight is 582 g/mol. The molecular formula is C31H43N5O6. The van der Waals surface area contributed by atoms with E-state index in [2.05, 4.69) is 21.0 Å². The van der Waals surface area contributed by atoms with Crippen LogP contribution in [0.4, 0.5) is 0 Å². The summed E-state index contributed by atoms with van der Waals surface area (Å²) in [6.45, 7) is 8.54. The van der Waals surface area contributed by atoms with Crippen molar-refractivity contribution >= 4 is 40.7 Å². The number of hydrogen-bond acceptors (Lipinski definition) is 8. The molecule has 11 heteroatoms. The molecule has 1 aromatic carbocycles. The van der Waals surface area contributed by atoms with Crippen molar-refractivity contribution in [2.45, 2.75) is 72.1 Å². The first-order valence-corrected chi connectivity index (χ1v) is 14.4. The number of aliphatic hydroxyl groups excluding tert-OH is 1. The molecule has 0 spiro atoms. The van der Waals surface area contributed by atoms with E-state index in [4.69, 9.17) is 4.74 Å². The molecule has 3 unspecified atom stereocenters. The van der Waals surface area contributed by atoms with E-state index in [-0.39, 0.29) is 5.91 Å². The van der Waals surface area contributed by atoms with Crippen LogP contribution in [0.2, 0.25) is 0 Å². The number of aromatic nitrogens is 1. The molecule has 1 aromatic heterocycles. The fraction of sp³-hybridized carbons (Fsp3) is 0.516. The first-order chi connectivity index (χ1) is 19.9. The second kappa shape index (κ2) is 14.4. The van der Waals surface area contributed by atoms with Gasteiger partial charge in [0.1, 0.15) is 12.1 Å². The third-order valence-electron chi connectivity index (χ3n) is 7.26. The lowest BCUT2D eigenvalue weighted by Crippen LogP contribution is -2.62. The Kier molecular flexibility index (Phi) is 11.2. The molecule has 1 saturated heterocycles. The number of aliphatic hydroxyl groups is 1. The van der Waals surface area contributed by atoms with E-state index in [1.54, 1.807) is 33.8 Å². The fourth-order valence-electron chi connectivity index (χ4n) is 4.55. The van der Waals surface area contributed by atoms with Crippen molar-refractivity contribution in [3.05, 3.63) is 47.7 Å². The highest BCUT2D eigenvalue weighted by Gasteiger charge is 2.37. The number of nitrogens with zero attached hydrogens (tertiary/aromatic N) is 2. The topological polar surface area (TPSA) is 150 Å². The van der Waals surface area contributed by atoms with Crippen LogP contribution in [-0.2, 0) is 30.3 Å². The summed E-state index contributed by atoms with van der Waals surface area (Å²) >= 11 is 0. The molecule has 228 valence electrons. The number of nitrogens with one attached hydrogen (secondary N) is 3. The molecule has 2 aromatic rings. The van der Waals surface area contributed by atoms with Crippen molar-refractivity contribution in [1.29, 1.82) is 0 Å². The van der Waals surface area contributed by atoms with E-state index in [0.29, 0.717) is 19.4 Å². The zero-order valence-electron chi connectivity index (χ0n) is 25.3. The zero-order chi connectivity index (χ0) is 31.0. The van der Waals surface area contributed by atoms with Crippen molar-refractivity contribution in [2.75, 3.05) is 20.2 Å². The molecule has 1 fully saturated rings. The van der Waals surface area contributed by atoms with Gasteiger partial charge in [0.15, 0.2) is 6.10 Å². The summed E-state index contributed by atoms with van der Waals surface area (Å²) in [6, 6.07) is 8.03. The maximum Gasteiger partial charge on any atom is 0.316 e. The molecule has 0 saturated carbocycles. The van der Waals surface area contributed by atoms with Gasteiger partial charge >= 0.3 is 5.97 Å². The number of carbonyl (C=O) groups is 4. The Morgan fingerprint density at radius 1 is 1.21 bits per heavy atom. The number of hydrazine groups is 1. The number of benzene rings is 1. The maximum absolute atomic E-state index is 13.2. The minimum absolute atomic E-state index is 0.261. The highest BCUT2D eigenvalue weighted by atomic mass is 16.5. The van der Waals surface area contributed by atoms with Gasteiger partial charge in [-0.25, -0.2) is 5.43 Å². The molecule has 3 rings (SSSR count). The number of amides is 3. The Morgan fingerprint density at radius 2 is 1.93 bits per heavy atom. The van der Waals surface area contributed by atoms with E-state index in [9.17, 15) is 24.3 Å². The lowest BCUT2D eigenvalue weighted by molar-refractivity contribution is -0.165. The number of rotatable bonds is 11. The number of carbonyl (C=O) groups excluding carboxylic acids is 4. The van der Waals surface area contributed by atoms with Gasteiger partial charge in [-0.2, -0.15) is 0 Å². The summed E-state index contributed by atoms with van der Waals surface area (Å²) in [5.41, 5.74) is 4.52. The minimum atomic E-state index is -1.28. The summed E-state index contributed by atoms with van der Waals surface area (Å²) in [7, 11) is 1.51. The molecule has 3 amide bonds. The quantitative estimate of drug-likeness (QED) is 0.295. The highest BCUT2D eigenvalue weighted by molar-refractivity contribution is 5.92. The van der Waals surface area contributed by atoms with Crippen molar-refractivity contribution in [2.24, 2.45) is 11.3 Å². The Labute approximate surface area is 247 Å². The van der Waals surface area contributed by atoms with Crippen molar-refractivity contribution < 1.29 is 29.0 Å². The first kappa shape index (κ1) is 32.7. The molecule has 1 aliphatic heterocycles. The van der Waals surface area contributed by atoms with Gasteiger partial charge in [-0.3, -0.25) is 29.2 Å². The Balaban J connectivity index is 1.67. The average Bonchev–Trinajstić information content (AvgIpc) is 2.99. The lowest BCUT2D eigenvalue weighted by Gasteiger charge is -2.35. The molecule has 42 heavy (non-hydrogen) atoms. The monoisotopic (exact) mass is 581 g/mol. The van der Waals surface area contributed by atoms with E-state index < -0.39 is 53.9 Å². The number of hydrogen-bond donors (Lipinski definition) is 4. The smallest absolute Gasteiger partial charge is 0.316 e. The van der Waals surface area contributed by atoms with Gasteiger partial charge in [-0.05, 0) is 56.7 Å². The summed E-state index contributed by atoms with van der Waals surface area (Å²) in [4.78, 5) is 56.2. The maximum atomic E-state index is 13.2. The molecule has 1 aliphatic rings. The summed E-state index contributed by atoms with van der Waals surface area (Å²) in [5, 5.41) is 17.2. The molecule has 3 atom stereocenters. The van der Waals surface area contributed by atoms with Crippen molar-refractivity contribution in [1.82, 2.24) is 26.1 Å². The van der Waals surface area contributed by atoms with E-state index in [1.165, 1.54) is 12.1 Å². The molecule has 0 bridgehead atoms. The Hall–Kier alpha value is -3.83. The third kappa shape index (κ3) is 8.13. The van der Waals surface area contributed by atoms with Crippen LogP contribution in [0.5, 0.6) is 0 Å². The van der Waals surface area contributed by atoms with Crippen LogP contribution in [-0.4, -0.2) is 77.2 Å². The summed E-state index contributed by atoms with van der Waals surface area (Å²) in [6.07, 6.45) is 4.31. The van der Waals surface area contributed by atoms with Crippen LogP contribution in [0.3, 0.4) is 0 Å². The largest absolute Gasteiger partial charge is 0.451 e. The van der Waals surface area contributed by atoms with E-state index in [1.807, 2.05) is 43.3 Å². The van der Waals surface area contributed by atoms with E-state index >= 15 is 0 Å². The summed E-state index contributed by atoms with van der Waals surface area (Å²) < 4.78 is 5.67. The van der Waals surface area contributed by atoms with Gasteiger partial charge in [0.05, 0.1) is 17.5 Å². The molecule has 4 N–H and O–H groups in total. The van der Waals surface area contributed by atoms with Crippen LogP contribution in [0.15, 0.2) is 36.4 Å². The minimum Gasteiger partial charge on any atom is -0.451 e. The number of esters is 1. The van der Waals surface area contributed by atoms with Crippen LogP contribution in [0, 0.1) is 11.3 Å². The van der Waals surface area contributed by atoms with Crippen LogP contribution in [0.25, 0.3) is 17.0 Å². The second-order valence-corrected chi connectivity index (χ2v) is 11.4. The number of fused-ring (bicyclic) bond motifs is 1. The molecule has 11 nitrogen and oxygen atoms in total. The zero-order valence-corrected chi connectivity index (χ0v) is 25.3.